The zero-order chi connectivity index (χ0) is 14.7. The average molecular weight is 278 g/mol. The second-order valence-electron chi connectivity index (χ2n) is 5.39. The van der Waals surface area contributed by atoms with Crippen molar-refractivity contribution in [3.05, 3.63) is 83.9 Å². The van der Waals surface area contributed by atoms with Gasteiger partial charge in [0.25, 0.3) is 0 Å². The summed E-state index contributed by atoms with van der Waals surface area (Å²) >= 11 is 0. The number of rotatable bonds is 4. The highest BCUT2D eigenvalue weighted by Gasteiger charge is 2.38. The first-order valence-electron chi connectivity index (χ1n) is 7.24. The fourth-order valence-corrected chi connectivity index (χ4v) is 2.84. The number of carbonyl (C=O) groups is 1. The van der Waals surface area contributed by atoms with Crippen molar-refractivity contribution < 1.29 is 9.53 Å². The Balaban J connectivity index is 1.77. The normalized spacial score (nSPS) is 21.3. The first kappa shape index (κ1) is 13.6. The molecule has 2 atom stereocenters. The van der Waals surface area contributed by atoms with Crippen LogP contribution in [0.5, 0.6) is 0 Å². The van der Waals surface area contributed by atoms with Crippen LogP contribution in [-0.2, 0) is 16.0 Å². The Morgan fingerprint density at radius 3 is 2.24 bits per heavy atom. The standard InChI is InChI=1S/C19H18O2/c1-14-17(13-12-15-8-4-2-5-9-15)18(21-19(14)20)16-10-6-3-7-11-16/h2-11,17-18H,1,12-13H2/t17-,18+/m1/s1. The van der Waals surface area contributed by atoms with E-state index in [1.165, 1.54) is 5.56 Å². The number of esters is 1. The molecule has 1 aliphatic heterocycles. The highest BCUT2D eigenvalue weighted by atomic mass is 16.6. The molecule has 0 unspecified atom stereocenters. The first-order valence-corrected chi connectivity index (χ1v) is 7.24. The van der Waals surface area contributed by atoms with E-state index in [1.54, 1.807) is 0 Å². The summed E-state index contributed by atoms with van der Waals surface area (Å²) in [6, 6.07) is 20.2. The number of benzene rings is 2. The summed E-state index contributed by atoms with van der Waals surface area (Å²) in [5.41, 5.74) is 2.92. The highest BCUT2D eigenvalue weighted by molar-refractivity contribution is 5.90. The van der Waals surface area contributed by atoms with E-state index in [0.29, 0.717) is 5.57 Å². The number of hydrogen-bond donors (Lipinski definition) is 0. The smallest absolute Gasteiger partial charge is 0.334 e. The van der Waals surface area contributed by atoms with E-state index in [1.807, 2.05) is 48.5 Å². The van der Waals surface area contributed by atoms with Crippen LogP contribution < -0.4 is 0 Å². The Labute approximate surface area is 125 Å². The molecule has 2 aromatic rings. The molecule has 0 spiro atoms. The maximum atomic E-state index is 11.9. The van der Waals surface area contributed by atoms with Crippen LogP contribution in [-0.4, -0.2) is 5.97 Å². The van der Waals surface area contributed by atoms with Gasteiger partial charge in [-0.1, -0.05) is 67.2 Å². The van der Waals surface area contributed by atoms with Crippen molar-refractivity contribution in [3.8, 4) is 0 Å². The molecule has 21 heavy (non-hydrogen) atoms. The maximum absolute atomic E-state index is 11.9. The van der Waals surface area contributed by atoms with Gasteiger partial charge in [-0.15, -0.1) is 0 Å². The molecule has 2 heteroatoms. The number of carbonyl (C=O) groups excluding carboxylic acids is 1. The van der Waals surface area contributed by atoms with Crippen molar-refractivity contribution in [2.24, 2.45) is 5.92 Å². The van der Waals surface area contributed by atoms with Gasteiger partial charge < -0.3 is 4.74 Å². The zero-order valence-electron chi connectivity index (χ0n) is 11.9. The van der Waals surface area contributed by atoms with E-state index < -0.39 is 0 Å². The summed E-state index contributed by atoms with van der Waals surface area (Å²) in [6.45, 7) is 3.93. The summed E-state index contributed by atoms with van der Waals surface area (Å²) in [5, 5.41) is 0. The van der Waals surface area contributed by atoms with Gasteiger partial charge >= 0.3 is 5.97 Å². The summed E-state index contributed by atoms with van der Waals surface area (Å²) in [7, 11) is 0. The van der Waals surface area contributed by atoms with Crippen molar-refractivity contribution in [2.75, 3.05) is 0 Å². The van der Waals surface area contributed by atoms with E-state index in [2.05, 4.69) is 18.7 Å². The maximum Gasteiger partial charge on any atom is 0.334 e. The van der Waals surface area contributed by atoms with Crippen LogP contribution in [0.15, 0.2) is 72.8 Å². The van der Waals surface area contributed by atoms with Crippen molar-refractivity contribution in [2.45, 2.75) is 18.9 Å². The lowest BCUT2D eigenvalue weighted by atomic mass is 9.87. The molecule has 0 saturated carbocycles. The molecule has 0 bridgehead atoms. The lowest BCUT2D eigenvalue weighted by Gasteiger charge is -2.18. The van der Waals surface area contributed by atoms with Gasteiger partial charge in [0, 0.05) is 11.5 Å². The van der Waals surface area contributed by atoms with Crippen molar-refractivity contribution in [1.82, 2.24) is 0 Å². The Morgan fingerprint density at radius 1 is 0.952 bits per heavy atom. The van der Waals surface area contributed by atoms with Crippen molar-refractivity contribution >= 4 is 5.97 Å². The third kappa shape index (κ3) is 2.89. The van der Waals surface area contributed by atoms with Crippen molar-refractivity contribution in [3.63, 3.8) is 0 Å². The second-order valence-corrected chi connectivity index (χ2v) is 5.39. The number of cyclic esters (lactones) is 1. The minimum absolute atomic E-state index is 0.0557. The minimum atomic E-state index is -0.262. The molecule has 0 N–H and O–H groups in total. The fourth-order valence-electron chi connectivity index (χ4n) is 2.84. The van der Waals surface area contributed by atoms with Crippen LogP contribution >= 0.6 is 0 Å². The summed E-state index contributed by atoms with van der Waals surface area (Å²) < 4.78 is 5.52. The topological polar surface area (TPSA) is 26.3 Å². The van der Waals surface area contributed by atoms with Gasteiger partial charge in [-0.25, -0.2) is 4.79 Å². The van der Waals surface area contributed by atoms with E-state index >= 15 is 0 Å². The largest absolute Gasteiger partial charge is 0.453 e. The number of aryl methyl sites for hydroxylation is 1. The van der Waals surface area contributed by atoms with Gasteiger partial charge in [0.1, 0.15) is 6.10 Å². The molecule has 2 nitrogen and oxygen atoms in total. The van der Waals surface area contributed by atoms with Gasteiger partial charge in [-0.2, -0.15) is 0 Å². The molecule has 0 radical (unpaired) electrons. The molecule has 106 valence electrons. The van der Waals surface area contributed by atoms with Crippen LogP contribution in [0.25, 0.3) is 0 Å². The van der Waals surface area contributed by atoms with Crippen LogP contribution in [0, 0.1) is 5.92 Å². The fraction of sp³-hybridized carbons (Fsp3) is 0.211. The molecule has 1 fully saturated rings. The average Bonchev–Trinajstić information content (AvgIpc) is 2.82. The van der Waals surface area contributed by atoms with Crippen LogP contribution in [0.1, 0.15) is 23.7 Å². The monoisotopic (exact) mass is 278 g/mol. The van der Waals surface area contributed by atoms with Gasteiger partial charge in [0.05, 0.1) is 0 Å². The van der Waals surface area contributed by atoms with Gasteiger partial charge in [0.15, 0.2) is 0 Å². The molecule has 1 saturated heterocycles. The van der Waals surface area contributed by atoms with Gasteiger partial charge in [-0.05, 0) is 24.0 Å². The highest BCUT2D eigenvalue weighted by Crippen LogP contribution is 2.40. The Kier molecular flexibility index (Phi) is 3.87. The summed E-state index contributed by atoms with van der Waals surface area (Å²) in [6.07, 6.45) is 1.59. The van der Waals surface area contributed by atoms with Crippen LogP contribution in [0.4, 0.5) is 0 Å². The quantitative estimate of drug-likeness (QED) is 0.622. The van der Waals surface area contributed by atoms with E-state index in [4.69, 9.17) is 4.74 Å². The Bertz CT molecular complexity index is 631. The molecule has 0 amide bonds. The van der Waals surface area contributed by atoms with Crippen LogP contribution in [0.2, 0.25) is 0 Å². The SMILES string of the molecule is C=C1C(=O)O[C@@H](c2ccccc2)[C@@H]1CCc1ccccc1. The third-order valence-corrected chi connectivity index (χ3v) is 4.02. The van der Waals surface area contributed by atoms with E-state index in [0.717, 1.165) is 18.4 Å². The molecule has 0 aromatic heterocycles. The second kappa shape index (κ2) is 5.96. The van der Waals surface area contributed by atoms with Crippen molar-refractivity contribution in [1.29, 1.82) is 0 Å². The molecule has 1 heterocycles. The minimum Gasteiger partial charge on any atom is -0.453 e. The molecule has 1 aliphatic rings. The summed E-state index contributed by atoms with van der Waals surface area (Å²) in [5.74, 6) is -0.206. The van der Waals surface area contributed by atoms with E-state index in [-0.39, 0.29) is 18.0 Å². The zero-order valence-corrected chi connectivity index (χ0v) is 11.9. The first-order chi connectivity index (χ1) is 10.3. The molecule has 0 aliphatic carbocycles. The predicted molar refractivity (Wildman–Crippen MR) is 82.7 cm³/mol. The van der Waals surface area contributed by atoms with Gasteiger partial charge in [-0.3, -0.25) is 0 Å². The summed E-state index contributed by atoms with van der Waals surface area (Å²) in [4.78, 5) is 11.9. The lowest BCUT2D eigenvalue weighted by Crippen LogP contribution is -2.09. The molecular formula is C19H18O2. The lowest BCUT2D eigenvalue weighted by molar-refractivity contribution is -0.139. The molecular weight excluding hydrogens is 260 g/mol. The number of ether oxygens (including phenoxy) is 1. The Morgan fingerprint density at radius 2 is 1.57 bits per heavy atom. The van der Waals surface area contributed by atoms with Crippen LogP contribution in [0.3, 0.4) is 0 Å². The molecule has 3 rings (SSSR count). The van der Waals surface area contributed by atoms with Gasteiger partial charge in [0.2, 0.25) is 0 Å². The Hall–Kier alpha value is -2.35. The predicted octanol–water partition coefficient (Wildman–Crippen LogP) is 4.09. The molecule has 2 aromatic carbocycles. The third-order valence-electron chi connectivity index (χ3n) is 4.02. The van der Waals surface area contributed by atoms with E-state index in [9.17, 15) is 4.79 Å². The number of hydrogen-bond acceptors (Lipinski definition) is 2.